The first-order valence-electron chi connectivity index (χ1n) is 6.38. The predicted octanol–water partition coefficient (Wildman–Crippen LogP) is 0.630. The molecule has 0 spiro atoms. The lowest BCUT2D eigenvalue weighted by Gasteiger charge is -2.26. The van der Waals surface area contributed by atoms with E-state index < -0.39 is 0 Å². The molecule has 4 rings (SSSR count). The fraction of sp³-hybridized carbons (Fsp3) is 0.250. The summed E-state index contributed by atoms with van der Waals surface area (Å²) in [6.45, 7) is 1.70. The number of carbonyl (C=O) groups excluding carboxylic acids is 1. The molecule has 3 aromatic rings. The van der Waals surface area contributed by atoms with Gasteiger partial charge in [0.1, 0.15) is 0 Å². The summed E-state index contributed by atoms with van der Waals surface area (Å²) in [5, 5.41) is 12.5. The molecule has 0 bridgehead atoms. The van der Waals surface area contributed by atoms with E-state index in [-0.39, 0.29) is 5.91 Å². The Balaban J connectivity index is 1.64. The summed E-state index contributed by atoms with van der Waals surface area (Å²) in [5.41, 5.74) is 1.86. The van der Waals surface area contributed by atoms with E-state index in [1.807, 2.05) is 0 Å². The molecule has 0 radical (unpaired) electrons. The highest BCUT2D eigenvalue weighted by molar-refractivity contribution is 6.30. The second kappa shape index (κ2) is 4.52. The van der Waals surface area contributed by atoms with Gasteiger partial charge in [0, 0.05) is 18.8 Å². The number of fused-ring (bicyclic) bond motifs is 2. The fourth-order valence-electron chi connectivity index (χ4n) is 2.37. The second-order valence-corrected chi connectivity index (χ2v) is 5.22. The van der Waals surface area contributed by atoms with E-state index >= 15 is 0 Å². The van der Waals surface area contributed by atoms with Gasteiger partial charge in [-0.1, -0.05) is 16.8 Å². The smallest absolute Gasteiger partial charge is 0.274 e. The molecule has 0 saturated carbocycles. The predicted molar refractivity (Wildman–Crippen MR) is 72.8 cm³/mol. The highest BCUT2D eigenvalue weighted by Gasteiger charge is 2.24. The maximum atomic E-state index is 12.5. The highest BCUT2D eigenvalue weighted by Crippen LogP contribution is 2.15. The summed E-state index contributed by atoms with van der Waals surface area (Å²) in [5.74, 6) is -0.135. The molecule has 0 unspecified atom stereocenters. The minimum atomic E-state index is -0.135. The first-order valence-corrected chi connectivity index (χ1v) is 6.76. The Labute approximate surface area is 123 Å². The van der Waals surface area contributed by atoms with Crippen LogP contribution in [0.3, 0.4) is 0 Å². The second-order valence-electron chi connectivity index (χ2n) is 4.78. The van der Waals surface area contributed by atoms with Crippen molar-refractivity contribution >= 4 is 23.2 Å². The van der Waals surface area contributed by atoms with E-state index in [1.165, 1.54) is 10.7 Å². The summed E-state index contributed by atoms with van der Waals surface area (Å²) >= 11 is 5.86. The van der Waals surface area contributed by atoms with Gasteiger partial charge in [-0.05, 0) is 0 Å². The Morgan fingerprint density at radius 1 is 1.29 bits per heavy atom. The summed E-state index contributed by atoms with van der Waals surface area (Å²) in [6.07, 6.45) is 4.82. The molecular formula is C12H10ClN7O. The topological polar surface area (TPSA) is 81.2 Å². The summed E-state index contributed by atoms with van der Waals surface area (Å²) in [7, 11) is 0. The van der Waals surface area contributed by atoms with Gasteiger partial charge >= 0.3 is 0 Å². The lowest BCUT2D eigenvalue weighted by Crippen LogP contribution is -2.38. The van der Waals surface area contributed by atoms with Crippen LogP contribution in [-0.4, -0.2) is 46.9 Å². The zero-order valence-electron chi connectivity index (χ0n) is 10.8. The lowest BCUT2D eigenvalue weighted by molar-refractivity contribution is 0.0699. The minimum absolute atomic E-state index is 0.135. The van der Waals surface area contributed by atoms with Crippen LogP contribution in [0, 0.1) is 0 Å². The Bertz CT molecular complexity index is 839. The third-order valence-electron chi connectivity index (χ3n) is 3.42. The van der Waals surface area contributed by atoms with Crippen LogP contribution in [0.1, 0.15) is 16.2 Å². The van der Waals surface area contributed by atoms with Gasteiger partial charge in [0.15, 0.2) is 11.3 Å². The van der Waals surface area contributed by atoms with Crippen LogP contribution in [0.4, 0.5) is 0 Å². The first kappa shape index (κ1) is 12.3. The van der Waals surface area contributed by atoms with Crippen molar-refractivity contribution in [2.24, 2.45) is 0 Å². The minimum Gasteiger partial charge on any atom is -0.329 e. The molecule has 3 aromatic heterocycles. The van der Waals surface area contributed by atoms with Crippen molar-refractivity contribution in [2.75, 3.05) is 6.54 Å². The molecule has 0 atom stereocenters. The Hall–Kier alpha value is -2.48. The number of halogens is 1. The standard InChI is InChI=1S/C12H10ClN7O/c13-8-4-14-11-3-10(16-20(11)6-8)12(21)18-1-2-19-9(7-18)5-15-17-19/h3-6H,1-2,7H2. The molecule has 1 amide bonds. The monoisotopic (exact) mass is 303 g/mol. The zero-order valence-corrected chi connectivity index (χ0v) is 11.6. The van der Waals surface area contributed by atoms with Gasteiger partial charge in [0.25, 0.3) is 5.91 Å². The van der Waals surface area contributed by atoms with E-state index in [2.05, 4.69) is 20.4 Å². The Morgan fingerprint density at radius 3 is 3.10 bits per heavy atom. The van der Waals surface area contributed by atoms with Crippen LogP contribution in [0.15, 0.2) is 24.7 Å². The van der Waals surface area contributed by atoms with Gasteiger partial charge in [0.05, 0.1) is 36.2 Å². The average Bonchev–Trinajstić information content (AvgIpc) is 3.11. The summed E-state index contributed by atoms with van der Waals surface area (Å²) in [6, 6.07) is 1.66. The quantitative estimate of drug-likeness (QED) is 0.658. The molecule has 0 fully saturated rings. The van der Waals surface area contributed by atoms with Crippen LogP contribution in [0.25, 0.3) is 5.65 Å². The van der Waals surface area contributed by atoms with Gasteiger partial charge in [0.2, 0.25) is 0 Å². The normalized spacial score (nSPS) is 14.4. The van der Waals surface area contributed by atoms with E-state index in [9.17, 15) is 4.79 Å². The van der Waals surface area contributed by atoms with Crippen LogP contribution < -0.4 is 0 Å². The number of rotatable bonds is 1. The number of hydrogen-bond acceptors (Lipinski definition) is 5. The molecule has 9 heteroatoms. The number of hydrogen-bond donors (Lipinski definition) is 0. The number of nitrogens with zero attached hydrogens (tertiary/aromatic N) is 7. The molecule has 0 N–H and O–H groups in total. The maximum Gasteiger partial charge on any atom is 0.274 e. The highest BCUT2D eigenvalue weighted by atomic mass is 35.5. The Kier molecular flexibility index (Phi) is 2.64. The van der Waals surface area contributed by atoms with Crippen molar-refractivity contribution in [1.29, 1.82) is 0 Å². The molecule has 4 heterocycles. The van der Waals surface area contributed by atoms with Gasteiger partial charge in [-0.25, -0.2) is 14.2 Å². The van der Waals surface area contributed by atoms with Crippen molar-refractivity contribution in [1.82, 2.24) is 34.5 Å². The molecule has 8 nitrogen and oxygen atoms in total. The van der Waals surface area contributed by atoms with Gasteiger partial charge < -0.3 is 4.90 Å². The Morgan fingerprint density at radius 2 is 2.19 bits per heavy atom. The third-order valence-corrected chi connectivity index (χ3v) is 3.62. The van der Waals surface area contributed by atoms with Gasteiger partial charge in [-0.2, -0.15) is 5.10 Å². The molecule has 21 heavy (non-hydrogen) atoms. The van der Waals surface area contributed by atoms with E-state index in [4.69, 9.17) is 11.6 Å². The molecule has 1 aliphatic rings. The van der Waals surface area contributed by atoms with Crippen LogP contribution in [0.5, 0.6) is 0 Å². The summed E-state index contributed by atoms with van der Waals surface area (Å²) < 4.78 is 3.31. The van der Waals surface area contributed by atoms with Crippen LogP contribution in [0.2, 0.25) is 5.02 Å². The average molecular weight is 304 g/mol. The molecule has 0 aromatic carbocycles. The first-order chi connectivity index (χ1) is 10.2. The van der Waals surface area contributed by atoms with Crippen molar-refractivity contribution < 1.29 is 4.79 Å². The molecule has 0 saturated heterocycles. The van der Waals surface area contributed by atoms with Crippen LogP contribution >= 0.6 is 11.6 Å². The zero-order chi connectivity index (χ0) is 14.4. The van der Waals surface area contributed by atoms with Crippen molar-refractivity contribution in [3.05, 3.63) is 41.1 Å². The lowest BCUT2D eigenvalue weighted by atomic mass is 10.3. The maximum absolute atomic E-state index is 12.5. The van der Waals surface area contributed by atoms with Crippen molar-refractivity contribution in [3.8, 4) is 0 Å². The van der Waals surface area contributed by atoms with E-state index in [1.54, 1.807) is 28.0 Å². The van der Waals surface area contributed by atoms with Crippen molar-refractivity contribution in [2.45, 2.75) is 13.1 Å². The van der Waals surface area contributed by atoms with Gasteiger partial charge in [-0.3, -0.25) is 4.79 Å². The SMILES string of the molecule is O=C(c1cc2ncc(Cl)cn2n1)N1CCn2nncc2C1. The van der Waals surface area contributed by atoms with E-state index in [0.717, 1.165) is 5.69 Å². The van der Waals surface area contributed by atoms with Crippen molar-refractivity contribution in [3.63, 3.8) is 0 Å². The molecule has 106 valence electrons. The van der Waals surface area contributed by atoms with Gasteiger partial charge in [-0.15, -0.1) is 5.10 Å². The van der Waals surface area contributed by atoms with E-state index in [0.29, 0.717) is 36.0 Å². The fourth-order valence-corrected chi connectivity index (χ4v) is 2.51. The number of aromatic nitrogens is 6. The summed E-state index contributed by atoms with van der Waals surface area (Å²) in [4.78, 5) is 18.4. The number of carbonyl (C=O) groups is 1. The number of amides is 1. The molecule has 1 aliphatic heterocycles. The molecule has 0 aliphatic carbocycles. The largest absolute Gasteiger partial charge is 0.329 e. The molecular weight excluding hydrogens is 294 g/mol. The van der Waals surface area contributed by atoms with Crippen LogP contribution in [-0.2, 0) is 13.1 Å². The third kappa shape index (κ3) is 2.04.